The minimum Gasteiger partial charge on any atom is -0.518 e. The maximum Gasteiger partial charge on any atom is 0 e. The summed E-state index contributed by atoms with van der Waals surface area (Å²) >= 11 is 0. The predicted molar refractivity (Wildman–Crippen MR) is 19.2 cm³/mol. The first-order chi connectivity index (χ1) is 1.91. The van der Waals surface area contributed by atoms with Gasteiger partial charge < -0.3 is 6.58 Å². The van der Waals surface area contributed by atoms with E-state index in [4.69, 9.17) is 6.58 Å². The third kappa shape index (κ3) is 13.8. The first kappa shape index (κ1) is 8.98. The van der Waals surface area contributed by atoms with Crippen LogP contribution < -0.4 is 0 Å². The van der Waals surface area contributed by atoms with E-state index >= 15 is 0 Å². The molecular weight excluding hydrogens is 107 g/mol. The van der Waals surface area contributed by atoms with E-state index in [0.717, 1.165) is 6.42 Å². The van der Waals surface area contributed by atoms with E-state index in [-0.39, 0.29) is 16.8 Å². The molecule has 0 aliphatic heterocycles. The van der Waals surface area contributed by atoms with Gasteiger partial charge in [0.25, 0.3) is 0 Å². The second-order valence-electron chi connectivity index (χ2n) is 0.644. The zero-order chi connectivity index (χ0) is 3.41. The van der Waals surface area contributed by atoms with Crippen LogP contribution in [0.3, 0.4) is 0 Å². The van der Waals surface area contributed by atoms with E-state index in [1.807, 2.05) is 6.92 Å². The van der Waals surface area contributed by atoms with E-state index < -0.39 is 0 Å². The Bertz CT molecular complexity index is 17.6. The Kier molecular flexibility index (Phi) is 15.9. The van der Waals surface area contributed by atoms with Crippen LogP contribution in [0.1, 0.15) is 13.3 Å². The van der Waals surface area contributed by atoms with Gasteiger partial charge in [0, 0.05) is 16.8 Å². The Balaban J connectivity index is 0. The molecule has 33 valence electrons. The standard InChI is InChI=1S/C4H7.Co/c1-3-4-2;/h1,3H,4H2,2H3;/q-1;. The first-order valence-electron chi connectivity index (χ1n) is 1.45. The minimum absolute atomic E-state index is 0. The quantitative estimate of drug-likeness (QED) is 0.452. The number of hydrogen-bond donors (Lipinski definition) is 0. The van der Waals surface area contributed by atoms with E-state index in [9.17, 15) is 0 Å². The topological polar surface area (TPSA) is 0 Å². The van der Waals surface area contributed by atoms with Crippen molar-refractivity contribution in [3.8, 4) is 0 Å². The fourth-order valence-electron chi connectivity index (χ4n) is 0. The normalized spacial score (nSPS) is 5.00. The second-order valence-corrected chi connectivity index (χ2v) is 0.644. The summed E-state index contributed by atoms with van der Waals surface area (Å²) in [7, 11) is 0. The van der Waals surface area contributed by atoms with Crippen molar-refractivity contribution >= 4 is 0 Å². The average molecular weight is 114 g/mol. The van der Waals surface area contributed by atoms with Crippen LogP contribution in [0.25, 0.3) is 0 Å². The first-order valence-corrected chi connectivity index (χ1v) is 1.45. The smallest absolute Gasteiger partial charge is 0 e. The Hall–Kier alpha value is 0.246. The Morgan fingerprint density at radius 3 is 2.00 bits per heavy atom. The van der Waals surface area contributed by atoms with Gasteiger partial charge in [-0.05, 0) is 0 Å². The third-order valence-electron chi connectivity index (χ3n) is 0.236. The molecule has 0 nitrogen and oxygen atoms in total. The maximum absolute atomic E-state index is 4.90. The van der Waals surface area contributed by atoms with Crippen LogP contribution >= 0.6 is 0 Å². The fourth-order valence-corrected chi connectivity index (χ4v) is 0. The molecule has 0 N–H and O–H groups in total. The molecule has 0 spiro atoms. The van der Waals surface area contributed by atoms with Gasteiger partial charge in [-0.15, -0.1) is 0 Å². The zero-order valence-electron chi connectivity index (χ0n) is 3.20. The van der Waals surface area contributed by atoms with Crippen LogP contribution in [0.4, 0.5) is 0 Å². The average Bonchev–Trinajstić information content (AvgIpc) is 1.37. The molecule has 1 radical (unpaired) electrons. The maximum atomic E-state index is 4.90. The summed E-state index contributed by atoms with van der Waals surface area (Å²) in [6, 6.07) is 0. The molecule has 0 saturated carbocycles. The molecule has 0 amide bonds. The summed E-state index contributed by atoms with van der Waals surface area (Å²) in [6.07, 6.45) is 2.60. The van der Waals surface area contributed by atoms with Crippen LogP contribution in [-0.2, 0) is 16.8 Å². The summed E-state index contributed by atoms with van der Waals surface area (Å²) < 4.78 is 0. The number of allylic oxidation sites excluding steroid dienone is 1. The molecule has 5 heavy (non-hydrogen) atoms. The van der Waals surface area contributed by atoms with Crippen molar-refractivity contribution in [2.75, 3.05) is 0 Å². The zero-order valence-corrected chi connectivity index (χ0v) is 4.24. The van der Waals surface area contributed by atoms with E-state index in [0.29, 0.717) is 0 Å². The summed E-state index contributed by atoms with van der Waals surface area (Å²) in [4.78, 5) is 0. The van der Waals surface area contributed by atoms with Crippen LogP contribution in [0.2, 0.25) is 0 Å². The van der Waals surface area contributed by atoms with Gasteiger partial charge in [0.2, 0.25) is 0 Å². The summed E-state index contributed by atoms with van der Waals surface area (Å²) in [6.45, 7) is 6.90. The monoisotopic (exact) mass is 114 g/mol. The summed E-state index contributed by atoms with van der Waals surface area (Å²) in [5.41, 5.74) is 0. The molecule has 0 aliphatic carbocycles. The minimum atomic E-state index is 0. The molecule has 0 rings (SSSR count). The SMILES string of the molecule is [CH-]=CCC.[Co]. The third-order valence-corrected chi connectivity index (χ3v) is 0.236. The second kappa shape index (κ2) is 8.87. The van der Waals surface area contributed by atoms with Crippen molar-refractivity contribution in [3.05, 3.63) is 12.7 Å². The molecule has 0 heterocycles. The summed E-state index contributed by atoms with van der Waals surface area (Å²) in [5, 5.41) is 0. The van der Waals surface area contributed by atoms with E-state index in [1.54, 1.807) is 6.08 Å². The molecule has 0 unspecified atom stereocenters. The van der Waals surface area contributed by atoms with Gasteiger partial charge in [-0.25, -0.2) is 0 Å². The summed E-state index contributed by atoms with van der Waals surface area (Å²) in [5.74, 6) is 0. The van der Waals surface area contributed by atoms with Gasteiger partial charge in [-0.1, -0.05) is 13.3 Å². The Labute approximate surface area is 43.5 Å². The van der Waals surface area contributed by atoms with Crippen LogP contribution in [0, 0.1) is 6.58 Å². The van der Waals surface area contributed by atoms with Gasteiger partial charge in [0.05, 0.1) is 0 Å². The molecule has 0 aromatic carbocycles. The molecule has 0 atom stereocenters. The largest absolute Gasteiger partial charge is 0.518 e. The molecule has 0 aliphatic rings. The molecule has 0 aromatic rings. The van der Waals surface area contributed by atoms with Crippen LogP contribution in [-0.4, -0.2) is 0 Å². The van der Waals surface area contributed by atoms with Gasteiger partial charge in [0.1, 0.15) is 0 Å². The molecule has 0 fully saturated rings. The molecular formula is C4H7Co-. The Morgan fingerprint density at radius 1 is 1.80 bits per heavy atom. The van der Waals surface area contributed by atoms with E-state index in [2.05, 4.69) is 0 Å². The van der Waals surface area contributed by atoms with Crippen molar-refractivity contribution in [1.29, 1.82) is 0 Å². The van der Waals surface area contributed by atoms with Gasteiger partial charge in [-0.3, -0.25) is 6.08 Å². The van der Waals surface area contributed by atoms with Crippen molar-refractivity contribution in [2.24, 2.45) is 0 Å². The van der Waals surface area contributed by atoms with Crippen molar-refractivity contribution in [1.82, 2.24) is 0 Å². The van der Waals surface area contributed by atoms with Gasteiger partial charge in [0.15, 0.2) is 0 Å². The molecule has 0 aromatic heterocycles. The van der Waals surface area contributed by atoms with Crippen LogP contribution in [0.15, 0.2) is 6.08 Å². The van der Waals surface area contributed by atoms with Gasteiger partial charge in [-0.2, -0.15) is 0 Å². The molecule has 1 heteroatoms. The number of rotatable bonds is 1. The van der Waals surface area contributed by atoms with Crippen LogP contribution in [0.5, 0.6) is 0 Å². The van der Waals surface area contributed by atoms with Crippen molar-refractivity contribution in [3.63, 3.8) is 0 Å². The fraction of sp³-hybridized carbons (Fsp3) is 0.500. The molecule has 0 saturated heterocycles. The Morgan fingerprint density at radius 2 is 2.00 bits per heavy atom. The van der Waals surface area contributed by atoms with E-state index in [1.165, 1.54) is 0 Å². The molecule has 0 bridgehead atoms. The predicted octanol–water partition coefficient (Wildman–Crippen LogP) is 1.38. The number of hydrogen-bond acceptors (Lipinski definition) is 0. The van der Waals surface area contributed by atoms with Gasteiger partial charge >= 0.3 is 0 Å². The van der Waals surface area contributed by atoms with Crippen molar-refractivity contribution in [2.45, 2.75) is 13.3 Å². The van der Waals surface area contributed by atoms with Crippen molar-refractivity contribution < 1.29 is 16.8 Å².